The normalized spacial score (nSPS) is 23.2. The molecule has 3 aliphatic rings. The number of piperazine rings is 1. The van der Waals surface area contributed by atoms with Gasteiger partial charge in [-0.05, 0) is 18.6 Å². The van der Waals surface area contributed by atoms with E-state index in [1.165, 1.54) is 0 Å². The number of nitrogens with one attached hydrogen (secondary N) is 1. The molecule has 26 heavy (non-hydrogen) atoms. The number of hydrogen-bond acceptors (Lipinski definition) is 5. The zero-order valence-electron chi connectivity index (χ0n) is 14.3. The van der Waals surface area contributed by atoms with Gasteiger partial charge in [0.15, 0.2) is 0 Å². The number of carbonyl (C=O) groups is 4. The highest BCUT2D eigenvalue weighted by molar-refractivity contribution is 6.06. The van der Waals surface area contributed by atoms with Crippen LogP contribution in [0.3, 0.4) is 0 Å². The van der Waals surface area contributed by atoms with Gasteiger partial charge in [-0.2, -0.15) is 0 Å². The largest absolute Gasteiger partial charge is 0.368 e. The van der Waals surface area contributed by atoms with Gasteiger partial charge in [-0.25, -0.2) is 0 Å². The molecule has 4 amide bonds. The van der Waals surface area contributed by atoms with E-state index in [1.54, 1.807) is 15.9 Å². The molecule has 1 N–H and O–H groups in total. The summed E-state index contributed by atoms with van der Waals surface area (Å²) in [5.74, 6) is -0.851. The number of nitrogens with zero attached hydrogens (tertiary/aromatic N) is 3. The lowest BCUT2D eigenvalue weighted by atomic mass is 10.0. The van der Waals surface area contributed by atoms with E-state index in [0.717, 1.165) is 17.7 Å². The maximum atomic E-state index is 12.8. The van der Waals surface area contributed by atoms with Gasteiger partial charge in [-0.3, -0.25) is 24.5 Å². The van der Waals surface area contributed by atoms with Crippen molar-refractivity contribution in [2.45, 2.75) is 25.4 Å². The highest BCUT2D eigenvalue weighted by Gasteiger charge is 2.40. The number of carbonyl (C=O) groups excluding carboxylic acids is 4. The van der Waals surface area contributed by atoms with Crippen molar-refractivity contribution < 1.29 is 19.2 Å². The first kappa shape index (κ1) is 16.6. The third-order valence-electron chi connectivity index (χ3n) is 5.36. The van der Waals surface area contributed by atoms with Crippen LogP contribution in [0.25, 0.3) is 0 Å². The molecule has 0 radical (unpaired) electrons. The van der Waals surface area contributed by atoms with Crippen LogP contribution >= 0.6 is 0 Å². The molecular formula is C18H20N4O4. The van der Waals surface area contributed by atoms with E-state index in [0.29, 0.717) is 44.7 Å². The summed E-state index contributed by atoms with van der Waals surface area (Å²) < 4.78 is 0. The summed E-state index contributed by atoms with van der Waals surface area (Å²) in [6.45, 7) is 3.09. The molecule has 1 aromatic rings. The SMILES string of the molecule is O=CN1CCN(c2cccc3c2CN(C2CCC(=O)NC2=O)C3=O)CC1. The molecule has 136 valence electrons. The first-order valence-electron chi connectivity index (χ1n) is 8.79. The Bertz CT molecular complexity index is 785. The van der Waals surface area contributed by atoms with E-state index in [4.69, 9.17) is 0 Å². The summed E-state index contributed by atoms with van der Waals surface area (Å²) in [6, 6.07) is 5.02. The lowest BCUT2D eigenvalue weighted by Crippen LogP contribution is -2.52. The smallest absolute Gasteiger partial charge is 0.255 e. The van der Waals surface area contributed by atoms with Gasteiger partial charge in [0.2, 0.25) is 18.2 Å². The van der Waals surface area contributed by atoms with Gasteiger partial charge in [0.05, 0.1) is 0 Å². The molecule has 2 fully saturated rings. The van der Waals surface area contributed by atoms with E-state index in [-0.39, 0.29) is 18.2 Å². The predicted octanol–water partition coefficient (Wildman–Crippen LogP) is -0.274. The van der Waals surface area contributed by atoms with Gasteiger partial charge in [0, 0.05) is 56.0 Å². The van der Waals surface area contributed by atoms with E-state index < -0.39 is 11.9 Å². The maximum Gasteiger partial charge on any atom is 0.255 e. The summed E-state index contributed by atoms with van der Waals surface area (Å²) in [6.07, 6.45) is 1.47. The van der Waals surface area contributed by atoms with Crippen molar-refractivity contribution in [1.29, 1.82) is 0 Å². The third-order valence-corrected chi connectivity index (χ3v) is 5.36. The van der Waals surface area contributed by atoms with E-state index in [9.17, 15) is 19.2 Å². The van der Waals surface area contributed by atoms with Crippen molar-refractivity contribution in [3.05, 3.63) is 29.3 Å². The number of anilines is 1. The van der Waals surface area contributed by atoms with Crippen LogP contribution in [0.1, 0.15) is 28.8 Å². The number of hydrogen-bond donors (Lipinski definition) is 1. The van der Waals surface area contributed by atoms with Crippen LogP contribution < -0.4 is 10.2 Å². The predicted molar refractivity (Wildman–Crippen MR) is 92.3 cm³/mol. The standard InChI is InChI=1S/C18H20N4O4/c23-11-20-6-8-21(9-7-20)14-3-1-2-12-13(14)10-22(18(12)26)15-4-5-16(24)19-17(15)25/h1-3,11,15H,4-10H2,(H,19,24,25). The Hall–Kier alpha value is -2.90. The Morgan fingerprint density at radius 3 is 2.54 bits per heavy atom. The first-order valence-corrected chi connectivity index (χ1v) is 8.79. The lowest BCUT2D eigenvalue weighted by Gasteiger charge is -2.35. The van der Waals surface area contributed by atoms with Crippen LogP contribution in [0, 0.1) is 0 Å². The Morgan fingerprint density at radius 1 is 1.08 bits per heavy atom. The first-order chi connectivity index (χ1) is 12.6. The highest BCUT2D eigenvalue weighted by atomic mass is 16.2. The van der Waals surface area contributed by atoms with Crippen LogP contribution in [-0.2, 0) is 20.9 Å². The Morgan fingerprint density at radius 2 is 1.85 bits per heavy atom. The average Bonchev–Trinajstić information content (AvgIpc) is 2.99. The summed E-state index contributed by atoms with van der Waals surface area (Å²) in [5.41, 5.74) is 2.52. The molecule has 1 unspecified atom stereocenters. The zero-order chi connectivity index (χ0) is 18.3. The fourth-order valence-electron chi connectivity index (χ4n) is 3.93. The van der Waals surface area contributed by atoms with Crippen molar-refractivity contribution in [2.75, 3.05) is 31.1 Å². The average molecular weight is 356 g/mol. The fraction of sp³-hybridized carbons (Fsp3) is 0.444. The van der Waals surface area contributed by atoms with Crippen molar-refractivity contribution >= 4 is 29.8 Å². The molecule has 0 saturated carbocycles. The van der Waals surface area contributed by atoms with Gasteiger partial charge in [0.1, 0.15) is 6.04 Å². The Kier molecular flexibility index (Phi) is 4.10. The van der Waals surface area contributed by atoms with Crippen molar-refractivity contribution in [3.8, 4) is 0 Å². The molecule has 4 rings (SSSR count). The van der Waals surface area contributed by atoms with Gasteiger partial charge in [0.25, 0.3) is 5.91 Å². The van der Waals surface area contributed by atoms with Crippen LogP contribution in [0.15, 0.2) is 18.2 Å². The number of piperidine rings is 1. The third kappa shape index (κ3) is 2.71. The minimum absolute atomic E-state index is 0.164. The zero-order valence-corrected chi connectivity index (χ0v) is 14.3. The molecule has 2 saturated heterocycles. The second-order valence-electron chi connectivity index (χ2n) is 6.83. The molecule has 3 aliphatic heterocycles. The molecule has 8 nitrogen and oxygen atoms in total. The van der Waals surface area contributed by atoms with Crippen LogP contribution in [-0.4, -0.2) is 66.2 Å². The Balaban J connectivity index is 1.58. The van der Waals surface area contributed by atoms with Crippen molar-refractivity contribution in [1.82, 2.24) is 15.1 Å². The van der Waals surface area contributed by atoms with E-state index in [2.05, 4.69) is 10.2 Å². The molecule has 0 spiro atoms. The molecule has 0 aromatic heterocycles. The van der Waals surface area contributed by atoms with Crippen LogP contribution in [0.2, 0.25) is 0 Å². The van der Waals surface area contributed by atoms with Crippen molar-refractivity contribution in [3.63, 3.8) is 0 Å². The number of fused-ring (bicyclic) bond motifs is 1. The number of benzene rings is 1. The minimum atomic E-state index is -0.604. The highest BCUT2D eigenvalue weighted by Crippen LogP contribution is 2.34. The Labute approximate surface area is 150 Å². The maximum absolute atomic E-state index is 12.8. The molecule has 3 heterocycles. The van der Waals surface area contributed by atoms with Gasteiger partial charge >= 0.3 is 0 Å². The molecular weight excluding hydrogens is 336 g/mol. The fourth-order valence-corrected chi connectivity index (χ4v) is 3.93. The number of imide groups is 1. The van der Waals surface area contributed by atoms with Gasteiger partial charge in [-0.15, -0.1) is 0 Å². The summed E-state index contributed by atoms with van der Waals surface area (Å²) in [7, 11) is 0. The van der Waals surface area contributed by atoms with Crippen molar-refractivity contribution in [2.24, 2.45) is 0 Å². The molecule has 1 aromatic carbocycles. The van der Waals surface area contributed by atoms with Crippen LogP contribution in [0.4, 0.5) is 5.69 Å². The topological polar surface area (TPSA) is 90.0 Å². The van der Waals surface area contributed by atoms with Crippen LogP contribution in [0.5, 0.6) is 0 Å². The van der Waals surface area contributed by atoms with Gasteiger partial charge in [-0.1, -0.05) is 6.07 Å². The van der Waals surface area contributed by atoms with E-state index >= 15 is 0 Å². The minimum Gasteiger partial charge on any atom is -0.368 e. The summed E-state index contributed by atoms with van der Waals surface area (Å²) in [5, 5.41) is 2.32. The molecule has 8 heteroatoms. The number of rotatable bonds is 3. The molecule has 1 atom stereocenters. The molecule has 0 aliphatic carbocycles. The van der Waals surface area contributed by atoms with Gasteiger partial charge < -0.3 is 14.7 Å². The lowest BCUT2D eigenvalue weighted by molar-refractivity contribution is -0.137. The quantitative estimate of drug-likeness (QED) is 0.595. The molecule has 0 bridgehead atoms. The second-order valence-corrected chi connectivity index (χ2v) is 6.83. The van der Waals surface area contributed by atoms with E-state index in [1.807, 2.05) is 12.1 Å². The summed E-state index contributed by atoms with van der Waals surface area (Å²) >= 11 is 0. The monoisotopic (exact) mass is 356 g/mol. The number of amides is 4. The summed E-state index contributed by atoms with van der Waals surface area (Å²) in [4.78, 5) is 52.8. The second kappa shape index (κ2) is 6.44.